The number of nitrogens with zero attached hydrogens (tertiary/aromatic N) is 1. The predicted molar refractivity (Wildman–Crippen MR) is 89.3 cm³/mol. The molecule has 0 aliphatic carbocycles. The normalized spacial score (nSPS) is 30.4. The van der Waals surface area contributed by atoms with Crippen molar-refractivity contribution in [3.63, 3.8) is 0 Å². The standard InChI is InChI=1S/C16H19N3O4S/c1-15(2)16(13(21)22,8-9-6-4-3-5-7-9)19-11(20)10(12(19)24-15)18-14(17)23/h3-7,10,12H,8H2,1-2H3,(H,21,22)(H3,17,18,23)/t10-,12-,16+/m1/s1. The molecule has 8 heteroatoms. The monoisotopic (exact) mass is 349 g/mol. The van der Waals surface area contributed by atoms with Crippen LogP contribution < -0.4 is 11.1 Å². The summed E-state index contributed by atoms with van der Waals surface area (Å²) in [5, 5.41) is 12.0. The Balaban J connectivity index is 2.01. The topological polar surface area (TPSA) is 113 Å². The van der Waals surface area contributed by atoms with Gasteiger partial charge in [0.1, 0.15) is 11.4 Å². The second-order valence-corrected chi connectivity index (χ2v) is 8.28. The summed E-state index contributed by atoms with van der Waals surface area (Å²) in [5.41, 5.74) is 4.58. The highest BCUT2D eigenvalue weighted by Crippen LogP contribution is 2.57. The van der Waals surface area contributed by atoms with Crippen molar-refractivity contribution in [2.75, 3.05) is 0 Å². The number of hydrogen-bond acceptors (Lipinski definition) is 4. The minimum atomic E-state index is -1.38. The smallest absolute Gasteiger partial charge is 0.331 e. The summed E-state index contributed by atoms with van der Waals surface area (Å²) in [6.07, 6.45) is 0.203. The minimum absolute atomic E-state index is 0.203. The van der Waals surface area contributed by atoms with Gasteiger partial charge in [-0.1, -0.05) is 30.3 Å². The van der Waals surface area contributed by atoms with Gasteiger partial charge in [0.2, 0.25) is 5.91 Å². The highest BCUT2D eigenvalue weighted by atomic mass is 32.2. The van der Waals surface area contributed by atoms with Gasteiger partial charge in [-0.3, -0.25) is 4.79 Å². The second kappa shape index (κ2) is 5.41. The molecule has 1 aromatic carbocycles. The molecular formula is C16H19N3O4S. The van der Waals surface area contributed by atoms with Gasteiger partial charge in [-0.2, -0.15) is 0 Å². The molecule has 7 nitrogen and oxygen atoms in total. The van der Waals surface area contributed by atoms with E-state index in [0.717, 1.165) is 5.56 Å². The molecule has 3 atom stereocenters. The molecule has 2 fully saturated rings. The number of carboxylic acids is 1. The van der Waals surface area contributed by atoms with Gasteiger partial charge < -0.3 is 21.1 Å². The first-order valence-electron chi connectivity index (χ1n) is 7.55. The third-order valence-corrected chi connectivity index (χ3v) is 6.47. The third-order valence-electron chi connectivity index (χ3n) is 4.82. The molecule has 2 aliphatic heterocycles. The van der Waals surface area contributed by atoms with E-state index in [1.165, 1.54) is 16.7 Å². The van der Waals surface area contributed by atoms with Crippen LogP contribution in [-0.2, 0) is 16.0 Å². The molecule has 3 rings (SSSR count). The SMILES string of the molecule is CC1(C)S[C@@H]2[C@H](NC(N)=O)C(=O)N2[C@@]1(Cc1ccccc1)C(=O)O. The van der Waals surface area contributed by atoms with Gasteiger partial charge in [-0.15, -0.1) is 11.8 Å². The maximum atomic E-state index is 12.6. The first kappa shape index (κ1) is 16.6. The number of aliphatic carboxylic acids is 1. The van der Waals surface area contributed by atoms with Crippen molar-refractivity contribution < 1.29 is 19.5 Å². The maximum Gasteiger partial charge on any atom is 0.331 e. The fourth-order valence-electron chi connectivity index (χ4n) is 3.59. The molecule has 2 saturated heterocycles. The van der Waals surface area contributed by atoms with E-state index in [2.05, 4.69) is 5.32 Å². The Morgan fingerprint density at radius 2 is 1.96 bits per heavy atom. The van der Waals surface area contributed by atoms with Crippen molar-refractivity contribution in [2.45, 2.75) is 42.0 Å². The van der Waals surface area contributed by atoms with E-state index >= 15 is 0 Å². The molecule has 1 aromatic rings. The van der Waals surface area contributed by atoms with Crippen LogP contribution in [0.3, 0.4) is 0 Å². The summed E-state index contributed by atoms with van der Waals surface area (Å²) in [6.45, 7) is 3.64. The molecule has 0 bridgehead atoms. The number of β-lactam (4-membered cyclic amide) rings is 1. The third kappa shape index (κ3) is 2.16. The number of carbonyl (C=O) groups is 3. The predicted octanol–water partition coefficient (Wildman–Crippen LogP) is 0.783. The minimum Gasteiger partial charge on any atom is -0.479 e. The molecule has 0 aromatic heterocycles. The molecule has 0 radical (unpaired) electrons. The lowest BCUT2D eigenvalue weighted by molar-refractivity contribution is -0.170. The van der Waals surface area contributed by atoms with E-state index in [0.29, 0.717) is 0 Å². The number of nitrogens with two attached hydrogens (primary N) is 1. The number of benzene rings is 1. The Bertz CT molecular complexity index is 709. The van der Waals surface area contributed by atoms with Crippen molar-refractivity contribution in [1.29, 1.82) is 0 Å². The van der Waals surface area contributed by atoms with E-state index in [-0.39, 0.29) is 6.42 Å². The number of carbonyl (C=O) groups excluding carboxylic acids is 2. The molecule has 4 N–H and O–H groups in total. The van der Waals surface area contributed by atoms with Crippen molar-refractivity contribution in [2.24, 2.45) is 5.73 Å². The highest BCUT2D eigenvalue weighted by Gasteiger charge is 2.72. The van der Waals surface area contributed by atoms with Gasteiger partial charge in [-0.25, -0.2) is 9.59 Å². The van der Waals surface area contributed by atoms with Crippen LogP contribution in [0.25, 0.3) is 0 Å². The number of carboxylic acid groups (broad SMARTS) is 1. The lowest BCUT2D eigenvalue weighted by atomic mass is 9.76. The zero-order valence-electron chi connectivity index (χ0n) is 13.4. The Kier molecular flexibility index (Phi) is 3.75. The first-order chi connectivity index (χ1) is 11.2. The number of fused-ring (bicyclic) bond motifs is 1. The van der Waals surface area contributed by atoms with E-state index in [1.807, 2.05) is 44.2 Å². The molecule has 0 unspecified atom stereocenters. The van der Waals surface area contributed by atoms with Crippen LogP contribution in [0, 0.1) is 0 Å². The molecule has 128 valence electrons. The fourth-order valence-corrected chi connectivity index (χ4v) is 5.36. The van der Waals surface area contributed by atoms with Crippen LogP contribution >= 0.6 is 11.8 Å². The molecule has 3 amide bonds. The van der Waals surface area contributed by atoms with Gasteiger partial charge in [0.15, 0.2) is 5.54 Å². The van der Waals surface area contributed by atoms with Gasteiger partial charge >= 0.3 is 12.0 Å². The summed E-state index contributed by atoms with van der Waals surface area (Å²) in [4.78, 5) is 37.3. The lowest BCUT2D eigenvalue weighted by Gasteiger charge is -2.49. The van der Waals surface area contributed by atoms with E-state index in [9.17, 15) is 19.5 Å². The van der Waals surface area contributed by atoms with Crippen LogP contribution in [0.15, 0.2) is 30.3 Å². The molecular weight excluding hydrogens is 330 g/mol. The second-order valence-electron chi connectivity index (χ2n) is 6.54. The van der Waals surface area contributed by atoms with E-state index in [4.69, 9.17) is 5.73 Å². The number of rotatable bonds is 4. The highest BCUT2D eigenvalue weighted by molar-refractivity contribution is 8.01. The van der Waals surface area contributed by atoms with Gasteiger partial charge in [0.25, 0.3) is 0 Å². The average Bonchev–Trinajstić information content (AvgIpc) is 2.72. The fraction of sp³-hybridized carbons (Fsp3) is 0.438. The van der Waals surface area contributed by atoms with Crippen LogP contribution in [0.1, 0.15) is 19.4 Å². The maximum absolute atomic E-state index is 12.6. The largest absolute Gasteiger partial charge is 0.479 e. The Morgan fingerprint density at radius 3 is 2.50 bits per heavy atom. The van der Waals surface area contributed by atoms with Crippen molar-refractivity contribution in [3.8, 4) is 0 Å². The molecule has 24 heavy (non-hydrogen) atoms. The van der Waals surface area contributed by atoms with Crippen LogP contribution in [0.2, 0.25) is 0 Å². The quantitative estimate of drug-likeness (QED) is 0.696. The molecule has 0 saturated carbocycles. The number of nitrogens with one attached hydrogen (secondary N) is 1. The number of hydrogen-bond donors (Lipinski definition) is 3. The summed E-state index contributed by atoms with van der Waals surface area (Å²) in [5.74, 6) is -1.45. The number of urea groups is 1. The van der Waals surface area contributed by atoms with E-state index in [1.54, 1.807) is 0 Å². The number of thioether (sulfide) groups is 1. The van der Waals surface area contributed by atoms with E-state index < -0.39 is 39.6 Å². The number of primary amides is 1. The van der Waals surface area contributed by atoms with Gasteiger partial charge in [-0.05, 0) is 19.4 Å². The summed E-state index contributed by atoms with van der Waals surface area (Å²) in [6, 6.07) is 7.67. The van der Waals surface area contributed by atoms with Crippen LogP contribution in [-0.4, -0.2) is 49.6 Å². The Labute approximate surface area is 143 Å². The molecule has 2 aliphatic rings. The van der Waals surface area contributed by atoms with Crippen molar-refractivity contribution >= 4 is 29.7 Å². The Hall–Kier alpha value is -2.22. The van der Waals surface area contributed by atoms with Crippen LogP contribution in [0.5, 0.6) is 0 Å². The summed E-state index contributed by atoms with van der Waals surface area (Å²) >= 11 is 1.38. The van der Waals surface area contributed by atoms with Crippen molar-refractivity contribution in [3.05, 3.63) is 35.9 Å². The zero-order valence-corrected chi connectivity index (χ0v) is 14.2. The average molecular weight is 349 g/mol. The molecule has 0 spiro atoms. The van der Waals surface area contributed by atoms with Crippen molar-refractivity contribution in [1.82, 2.24) is 10.2 Å². The van der Waals surface area contributed by atoms with Gasteiger partial charge in [0.05, 0.1) is 0 Å². The zero-order chi connectivity index (χ0) is 17.7. The summed E-state index contributed by atoms with van der Waals surface area (Å²) < 4.78 is -0.733. The first-order valence-corrected chi connectivity index (χ1v) is 8.43. The number of amides is 3. The van der Waals surface area contributed by atoms with Gasteiger partial charge in [0, 0.05) is 11.2 Å². The molecule has 2 heterocycles. The summed E-state index contributed by atoms with van der Waals surface area (Å²) in [7, 11) is 0. The Morgan fingerprint density at radius 1 is 1.33 bits per heavy atom. The van der Waals surface area contributed by atoms with Crippen LogP contribution in [0.4, 0.5) is 4.79 Å². The lowest BCUT2D eigenvalue weighted by Crippen LogP contribution is -2.76.